The van der Waals surface area contributed by atoms with Crippen molar-refractivity contribution in [1.29, 1.82) is 0 Å². The van der Waals surface area contributed by atoms with Crippen LogP contribution in [0.5, 0.6) is 5.75 Å². The second-order valence-electron chi connectivity index (χ2n) is 5.34. The molecule has 2 N–H and O–H groups in total. The molecule has 0 bridgehead atoms. The van der Waals surface area contributed by atoms with Crippen molar-refractivity contribution in [1.82, 2.24) is 10.2 Å². The van der Waals surface area contributed by atoms with Crippen LogP contribution in [0.4, 0.5) is 5.69 Å². The predicted molar refractivity (Wildman–Crippen MR) is 85.6 cm³/mol. The molecular weight excluding hydrogens is 262 g/mol. The summed E-state index contributed by atoms with van der Waals surface area (Å²) >= 11 is 0. The van der Waals surface area contributed by atoms with Crippen molar-refractivity contribution in [2.75, 3.05) is 5.32 Å². The standard InChI is InChI=1S/C17H19N3O/c1-12(2)21-16-6-3-13(4-7-16)10-18-15-5-8-17-14(9-15)11-19-20-17/h3-9,11-12,18H,10H2,1-2H3,(H,19,20). The Balaban J connectivity index is 1.63. The fourth-order valence-electron chi connectivity index (χ4n) is 2.21. The predicted octanol–water partition coefficient (Wildman–Crippen LogP) is 3.96. The number of ether oxygens (including phenoxy) is 1. The first-order valence-corrected chi connectivity index (χ1v) is 7.13. The van der Waals surface area contributed by atoms with Crippen LogP contribution in [0.25, 0.3) is 10.9 Å². The van der Waals surface area contributed by atoms with Crippen molar-refractivity contribution in [3.8, 4) is 5.75 Å². The number of hydrogen-bond acceptors (Lipinski definition) is 3. The summed E-state index contributed by atoms with van der Waals surface area (Å²) < 4.78 is 5.64. The van der Waals surface area contributed by atoms with Gasteiger partial charge in [-0.25, -0.2) is 0 Å². The first kappa shape index (κ1) is 13.5. The van der Waals surface area contributed by atoms with E-state index < -0.39 is 0 Å². The Morgan fingerprint density at radius 2 is 1.95 bits per heavy atom. The molecule has 1 heterocycles. The number of fused-ring (bicyclic) bond motifs is 1. The van der Waals surface area contributed by atoms with Gasteiger partial charge in [0.1, 0.15) is 5.75 Å². The van der Waals surface area contributed by atoms with Crippen LogP contribution >= 0.6 is 0 Å². The van der Waals surface area contributed by atoms with Crippen molar-refractivity contribution in [2.45, 2.75) is 26.5 Å². The van der Waals surface area contributed by atoms with Gasteiger partial charge in [0.25, 0.3) is 0 Å². The van der Waals surface area contributed by atoms with E-state index in [-0.39, 0.29) is 6.10 Å². The van der Waals surface area contributed by atoms with Gasteiger partial charge in [-0.05, 0) is 49.7 Å². The van der Waals surface area contributed by atoms with E-state index in [0.717, 1.165) is 28.9 Å². The van der Waals surface area contributed by atoms with Crippen LogP contribution in [-0.2, 0) is 6.54 Å². The quantitative estimate of drug-likeness (QED) is 0.744. The minimum atomic E-state index is 0.204. The number of anilines is 1. The van der Waals surface area contributed by atoms with Gasteiger partial charge >= 0.3 is 0 Å². The summed E-state index contributed by atoms with van der Waals surface area (Å²) in [5.74, 6) is 0.911. The van der Waals surface area contributed by atoms with Crippen LogP contribution in [0.2, 0.25) is 0 Å². The summed E-state index contributed by atoms with van der Waals surface area (Å²) in [6.07, 6.45) is 2.04. The monoisotopic (exact) mass is 281 g/mol. The zero-order chi connectivity index (χ0) is 14.7. The van der Waals surface area contributed by atoms with Crippen LogP contribution in [-0.4, -0.2) is 16.3 Å². The molecule has 4 nitrogen and oxygen atoms in total. The fourth-order valence-corrected chi connectivity index (χ4v) is 2.21. The first-order valence-electron chi connectivity index (χ1n) is 7.13. The molecule has 0 saturated carbocycles. The molecule has 0 spiro atoms. The number of aromatic nitrogens is 2. The molecule has 0 saturated heterocycles. The molecule has 3 rings (SSSR count). The van der Waals surface area contributed by atoms with Gasteiger partial charge in [-0.15, -0.1) is 0 Å². The highest BCUT2D eigenvalue weighted by atomic mass is 16.5. The molecule has 0 aliphatic heterocycles. The van der Waals surface area contributed by atoms with E-state index in [1.165, 1.54) is 5.56 Å². The molecular formula is C17H19N3O. The number of H-pyrrole nitrogens is 1. The molecule has 0 aliphatic carbocycles. The van der Waals surface area contributed by atoms with Gasteiger partial charge in [0.05, 0.1) is 17.8 Å². The maximum atomic E-state index is 5.64. The summed E-state index contributed by atoms with van der Waals surface area (Å²) in [4.78, 5) is 0. The van der Waals surface area contributed by atoms with Gasteiger partial charge < -0.3 is 10.1 Å². The second-order valence-corrected chi connectivity index (χ2v) is 5.34. The molecule has 1 aromatic heterocycles. The lowest BCUT2D eigenvalue weighted by atomic mass is 10.2. The Hall–Kier alpha value is -2.49. The maximum absolute atomic E-state index is 5.64. The van der Waals surface area contributed by atoms with E-state index in [1.54, 1.807) is 0 Å². The molecule has 0 aliphatic rings. The van der Waals surface area contributed by atoms with Crippen LogP contribution < -0.4 is 10.1 Å². The van der Waals surface area contributed by atoms with E-state index in [1.807, 2.05) is 38.2 Å². The number of benzene rings is 2. The molecule has 0 unspecified atom stereocenters. The van der Waals surface area contributed by atoms with Crippen LogP contribution in [0, 0.1) is 0 Å². The van der Waals surface area contributed by atoms with E-state index in [0.29, 0.717) is 0 Å². The van der Waals surface area contributed by atoms with Crippen molar-refractivity contribution >= 4 is 16.6 Å². The van der Waals surface area contributed by atoms with Gasteiger partial charge in [0, 0.05) is 17.6 Å². The lowest BCUT2D eigenvalue weighted by molar-refractivity contribution is 0.242. The second kappa shape index (κ2) is 5.87. The molecule has 0 fully saturated rings. The Labute approximate surface area is 124 Å². The molecule has 21 heavy (non-hydrogen) atoms. The Morgan fingerprint density at radius 1 is 1.14 bits per heavy atom. The van der Waals surface area contributed by atoms with Gasteiger partial charge in [0.2, 0.25) is 0 Å². The van der Waals surface area contributed by atoms with E-state index in [9.17, 15) is 0 Å². The van der Waals surface area contributed by atoms with Gasteiger partial charge in [-0.1, -0.05) is 12.1 Å². The van der Waals surface area contributed by atoms with Crippen molar-refractivity contribution in [3.05, 3.63) is 54.2 Å². The zero-order valence-corrected chi connectivity index (χ0v) is 12.3. The average molecular weight is 281 g/mol. The van der Waals surface area contributed by atoms with Crippen LogP contribution in [0.15, 0.2) is 48.7 Å². The molecule has 2 aromatic carbocycles. The third kappa shape index (κ3) is 3.34. The number of hydrogen-bond donors (Lipinski definition) is 2. The summed E-state index contributed by atoms with van der Waals surface area (Å²) in [7, 11) is 0. The molecule has 0 atom stereocenters. The van der Waals surface area contributed by atoms with Crippen molar-refractivity contribution in [3.63, 3.8) is 0 Å². The number of nitrogens with zero attached hydrogens (tertiary/aromatic N) is 1. The lowest BCUT2D eigenvalue weighted by Crippen LogP contribution is -2.05. The fraction of sp³-hybridized carbons (Fsp3) is 0.235. The Morgan fingerprint density at radius 3 is 2.71 bits per heavy atom. The largest absolute Gasteiger partial charge is 0.491 e. The van der Waals surface area contributed by atoms with Gasteiger partial charge in [0.15, 0.2) is 0 Å². The minimum absolute atomic E-state index is 0.204. The van der Waals surface area contributed by atoms with Crippen molar-refractivity contribution in [2.24, 2.45) is 0 Å². The third-order valence-corrected chi connectivity index (χ3v) is 3.23. The summed E-state index contributed by atoms with van der Waals surface area (Å²) in [5.41, 5.74) is 3.36. The van der Waals surface area contributed by atoms with E-state index in [4.69, 9.17) is 4.74 Å². The molecule has 3 aromatic rings. The molecule has 0 radical (unpaired) electrons. The molecule has 0 amide bonds. The summed E-state index contributed by atoms with van der Waals surface area (Å²) in [6, 6.07) is 14.4. The highest BCUT2D eigenvalue weighted by Crippen LogP contribution is 2.18. The molecule has 4 heteroatoms. The van der Waals surface area contributed by atoms with Gasteiger partial charge in [-0.2, -0.15) is 5.10 Å². The smallest absolute Gasteiger partial charge is 0.119 e. The van der Waals surface area contributed by atoms with E-state index >= 15 is 0 Å². The highest BCUT2D eigenvalue weighted by molar-refractivity contribution is 5.81. The average Bonchev–Trinajstić information content (AvgIpc) is 2.93. The summed E-state index contributed by atoms with van der Waals surface area (Å²) in [6.45, 7) is 4.84. The van der Waals surface area contributed by atoms with E-state index in [2.05, 4.69) is 39.8 Å². The Kier molecular flexibility index (Phi) is 3.77. The van der Waals surface area contributed by atoms with Crippen LogP contribution in [0.3, 0.4) is 0 Å². The maximum Gasteiger partial charge on any atom is 0.119 e. The molecule has 108 valence electrons. The normalized spacial score (nSPS) is 11.0. The van der Waals surface area contributed by atoms with Gasteiger partial charge in [-0.3, -0.25) is 5.10 Å². The highest BCUT2D eigenvalue weighted by Gasteiger charge is 2.00. The summed E-state index contributed by atoms with van der Waals surface area (Å²) in [5, 5.41) is 11.5. The lowest BCUT2D eigenvalue weighted by Gasteiger charge is -2.11. The SMILES string of the molecule is CC(C)Oc1ccc(CNc2ccc3[nH]ncc3c2)cc1. The number of rotatable bonds is 5. The Bertz CT molecular complexity index is 716. The zero-order valence-electron chi connectivity index (χ0n) is 12.3. The van der Waals surface area contributed by atoms with Crippen LogP contribution in [0.1, 0.15) is 19.4 Å². The minimum Gasteiger partial charge on any atom is -0.491 e. The first-order chi connectivity index (χ1) is 10.2. The number of nitrogens with one attached hydrogen (secondary N) is 2. The third-order valence-electron chi connectivity index (χ3n) is 3.23. The van der Waals surface area contributed by atoms with Crippen molar-refractivity contribution < 1.29 is 4.74 Å². The number of aromatic amines is 1. The topological polar surface area (TPSA) is 49.9 Å².